The van der Waals surface area contributed by atoms with Crippen LogP contribution >= 0.6 is 0 Å². The lowest BCUT2D eigenvalue weighted by Gasteiger charge is -2.50. The van der Waals surface area contributed by atoms with Crippen LogP contribution in [-0.2, 0) is 19.0 Å². The highest BCUT2D eigenvalue weighted by molar-refractivity contribution is 5.87. The summed E-state index contributed by atoms with van der Waals surface area (Å²) in [5.41, 5.74) is 0. The average Bonchev–Trinajstić information content (AvgIpc) is 3.04. The third kappa shape index (κ3) is 5.15. The number of Topliss-reactive ketones (excluding diaryl/α,β-unsaturated/α-hetero) is 1. The number of aliphatic hydroxyl groups is 8. The Morgan fingerprint density at radius 2 is 1.41 bits per heavy atom. The van der Waals surface area contributed by atoms with E-state index in [1.165, 1.54) is 0 Å². The van der Waals surface area contributed by atoms with Crippen molar-refractivity contribution >= 4 is 5.78 Å². The van der Waals surface area contributed by atoms with Crippen molar-refractivity contribution in [2.75, 3.05) is 19.8 Å². The Morgan fingerprint density at radius 1 is 0.812 bits per heavy atom. The van der Waals surface area contributed by atoms with Gasteiger partial charge in [0.1, 0.15) is 49.3 Å². The van der Waals surface area contributed by atoms with Gasteiger partial charge in [-0.15, -0.1) is 0 Å². The fourth-order valence-corrected chi connectivity index (χ4v) is 4.08. The molecule has 188 valence electrons. The predicted molar refractivity (Wildman–Crippen MR) is 106 cm³/mol. The van der Waals surface area contributed by atoms with Crippen LogP contribution in [0.25, 0.3) is 0 Å². The van der Waals surface area contributed by atoms with Gasteiger partial charge in [0.2, 0.25) is 5.79 Å². The van der Waals surface area contributed by atoms with Gasteiger partial charge in [0, 0.05) is 6.42 Å². The van der Waals surface area contributed by atoms with Crippen molar-refractivity contribution in [1.82, 2.24) is 0 Å². The van der Waals surface area contributed by atoms with Gasteiger partial charge in [-0.2, -0.15) is 0 Å². The summed E-state index contributed by atoms with van der Waals surface area (Å²) in [5.74, 6) is -6.13. The molecular weight excluding hydrogens is 432 g/mol. The largest absolute Gasteiger partial charge is 0.394 e. The van der Waals surface area contributed by atoms with Gasteiger partial charge in [-0.05, 0) is 6.42 Å². The first kappa shape index (κ1) is 27.5. The molecule has 2 rings (SSSR count). The standard InChI is InChI=1S/C20H36O12/c1-2-3-4-5-6-7-13(24)20(18(29)16(27)14(25)11(8-21)31-20)32-19(10-23)17(28)15(26)12(9-22)30-19/h11-12,14-18,21-23,25-29H,2-10H2,1H3/t11-,12-,14-,15-,16+,17+,18-,19?,20+/m1/s1. The van der Waals surface area contributed by atoms with Gasteiger partial charge in [-0.25, -0.2) is 0 Å². The van der Waals surface area contributed by atoms with Crippen molar-refractivity contribution < 1.29 is 59.9 Å². The smallest absolute Gasteiger partial charge is 0.261 e. The van der Waals surface area contributed by atoms with Crippen LogP contribution in [0.3, 0.4) is 0 Å². The van der Waals surface area contributed by atoms with Crippen LogP contribution in [0.4, 0.5) is 0 Å². The zero-order valence-corrected chi connectivity index (χ0v) is 18.1. The second kappa shape index (κ2) is 11.6. The number of ether oxygens (including phenoxy) is 3. The highest BCUT2D eigenvalue weighted by Crippen LogP contribution is 2.42. The SMILES string of the molecule is CCCCCCCC(=O)[C@@]1(OC2(CO)O[C@H](CO)[C@@H](O)[C@@H]2O)O[C@H](CO)[C@@H](O)[C@H](O)[C@H]1O. The first-order valence-electron chi connectivity index (χ1n) is 11.0. The van der Waals surface area contributed by atoms with E-state index in [9.17, 15) is 45.6 Å². The topological polar surface area (TPSA) is 207 Å². The lowest BCUT2D eigenvalue weighted by Crippen LogP contribution is -2.72. The number of rotatable bonds is 12. The fourth-order valence-electron chi connectivity index (χ4n) is 4.08. The number of ketones is 1. The van der Waals surface area contributed by atoms with E-state index in [0.717, 1.165) is 19.3 Å². The Kier molecular flexibility index (Phi) is 9.94. The molecular formula is C20H36O12. The third-order valence-corrected chi connectivity index (χ3v) is 6.08. The van der Waals surface area contributed by atoms with Gasteiger partial charge in [0.25, 0.3) is 5.79 Å². The molecule has 0 aromatic carbocycles. The normalized spacial score (nSPS) is 42.3. The summed E-state index contributed by atoms with van der Waals surface area (Å²) >= 11 is 0. The summed E-state index contributed by atoms with van der Waals surface area (Å²) in [4.78, 5) is 13.2. The molecule has 0 bridgehead atoms. The van der Waals surface area contributed by atoms with Gasteiger partial charge in [0.15, 0.2) is 5.78 Å². The van der Waals surface area contributed by atoms with E-state index in [4.69, 9.17) is 14.2 Å². The minimum Gasteiger partial charge on any atom is -0.394 e. The second-order valence-corrected chi connectivity index (χ2v) is 8.37. The number of aliphatic hydroxyl groups excluding tert-OH is 8. The molecule has 0 saturated carbocycles. The summed E-state index contributed by atoms with van der Waals surface area (Å²) in [7, 11) is 0. The van der Waals surface area contributed by atoms with Crippen LogP contribution in [0.1, 0.15) is 45.4 Å². The molecule has 12 heteroatoms. The molecule has 12 nitrogen and oxygen atoms in total. The summed E-state index contributed by atoms with van der Waals surface area (Å²) in [6, 6.07) is 0. The maximum atomic E-state index is 13.2. The Bertz CT molecular complexity index is 603. The number of carbonyl (C=O) groups is 1. The molecule has 0 aliphatic carbocycles. The van der Waals surface area contributed by atoms with Gasteiger partial charge in [-0.1, -0.05) is 32.6 Å². The number of hydrogen-bond acceptors (Lipinski definition) is 12. The van der Waals surface area contributed by atoms with Crippen molar-refractivity contribution in [2.24, 2.45) is 0 Å². The zero-order valence-electron chi connectivity index (χ0n) is 18.1. The Balaban J connectivity index is 2.38. The maximum Gasteiger partial charge on any atom is 0.261 e. The van der Waals surface area contributed by atoms with E-state index in [-0.39, 0.29) is 6.42 Å². The number of unbranched alkanes of at least 4 members (excludes halogenated alkanes) is 4. The maximum absolute atomic E-state index is 13.2. The molecule has 0 amide bonds. The van der Waals surface area contributed by atoms with E-state index in [2.05, 4.69) is 0 Å². The summed E-state index contributed by atoms with van der Waals surface area (Å²) in [6.07, 6.45) is -8.90. The average molecular weight is 468 g/mol. The second-order valence-electron chi connectivity index (χ2n) is 8.37. The van der Waals surface area contributed by atoms with Gasteiger partial charge in [-0.3, -0.25) is 4.79 Å². The molecule has 2 saturated heterocycles. The third-order valence-electron chi connectivity index (χ3n) is 6.08. The van der Waals surface area contributed by atoms with Gasteiger partial charge in [0.05, 0.1) is 13.2 Å². The summed E-state index contributed by atoms with van der Waals surface area (Å²) in [6.45, 7) is -0.702. The Hall–Kier alpha value is -0.770. The number of carbonyl (C=O) groups excluding carboxylic acids is 1. The molecule has 1 unspecified atom stereocenters. The Labute approximate surface area is 186 Å². The summed E-state index contributed by atoms with van der Waals surface area (Å²) < 4.78 is 16.4. The van der Waals surface area contributed by atoms with E-state index < -0.39 is 79.9 Å². The van der Waals surface area contributed by atoms with E-state index >= 15 is 0 Å². The predicted octanol–water partition coefficient (Wildman–Crippen LogP) is -3.10. The van der Waals surface area contributed by atoms with E-state index in [1.807, 2.05) is 6.92 Å². The first-order valence-corrected chi connectivity index (χ1v) is 11.0. The molecule has 32 heavy (non-hydrogen) atoms. The molecule has 2 heterocycles. The van der Waals surface area contributed by atoms with Crippen molar-refractivity contribution in [2.45, 2.75) is 99.8 Å². The minimum absolute atomic E-state index is 0.189. The van der Waals surface area contributed by atoms with Crippen molar-refractivity contribution in [3.63, 3.8) is 0 Å². The van der Waals surface area contributed by atoms with E-state index in [1.54, 1.807) is 0 Å². The zero-order chi connectivity index (χ0) is 24.1. The molecule has 0 spiro atoms. The molecule has 0 radical (unpaired) electrons. The van der Waals surface area contributed by atoms with Crippen LogP contribution in [0.15, 0.2) is 0 Å². The molecule has 2 fully saturated rings. The highest BCUT2D eigenvalue weighted by atomic mass is 16.8. The van der Waals surface area contributed by atoms with Crippen LogP contribution in [0.5, 0.6) is 0 Å². The molecule has 0 aromatic rings. The number of hydrogen-bond donors (Lipinski definition) is 8. The van der Waals surface area contributed by atoms with Crippen LogP contribution in [-0.4, -0.2) is 121 Å². The van der Waals surface area contributed by atoms with Gasteiger partial charge < -0.3 is 55.1 Å². The minimum atomic E-state index is -2.75. The molecule has 8 N–H and O–H groups in total. The molecule has 9 atom stereocenters. The lowest BCUT2D eigenvalue weighted by molar-refractivity contribution is -0.416. The van der Waals surface area contributed by atoms with E-state index in [0.29, 0.717) is 12.8 Å². The monoisotopic (exact) mass is 468 g/mol. The molecule has 2 aliphatic rings. The van der Waals surface area contributed by atoms with Crippen LogP contribution in [0.2, 0.25) is 0 Å². The van der Waals surface area contributed by atoms with Crippen molar-refractivity contribution in [3.05, 3.63) is 0 Å². The van der Waals surface area contributed by atoms with Crippen molar-refractivity contribution in [1.29, 1.82) is 0 Å². The lowest BCUT2D eigenvalue weighted by atomic mass is 9.87. The first-order chi connectivity index (χ1) is 15.1. The van der Waals surface area contributed by atoms with Crippen LogP contribution < -0.4 is 0 Å². The summed E-state index contributed by atoms with van der Waals surface area (Å²) in [5, 5.41) is 80.6. The quantitative estimate of drug-likeness (QED) is 0.134. The Morgan fingerprint density at radius 3 is 1.94 bits per heavy atom. The van der Waals surface area contributed by atoms with Gasteiger partial charge >= 0.3 is 0 Å². The van der Waals surface area contributed by atoms with Crippen molar-refractivity contribution in [3.8, 4) is 0 Å². The highest BCUT2D eigenvalue weighted by Gasteiger charge is 2.65. The molecule has 0 aromatic heterocycles. The van der Waals surface area contributed by atoms with Crippen LogP contribution in [0, 0.1) is 0 Å². The molecule has 2 aliphatic heterocycles. The fraction of sp³-hybridized carbons (Fsp3) is 0.950.